The molecule has 0 aliphatic carbocycles. The van der Waals surface area contributed by atoms with Crippen LogP contribution in [0.4, 0.5) is 5.69 Å². The molecule has 30 heavy (non-hydrogen) atoms. The molecule has 2 aromatic rings. The summed E-state index contributed by atoms with van der Waals surface area (Å²) in [5.41, 5.74) is 1.67. The third-order valence-electron chi connectivity index (χ3n) is 4.46. The predicted octanol–water partition coefficient (Wildman–Crippen LogP) is 3.94. The summed E-state index contributed by atoms with van der Waals surface area (Å²) in [5.74, 6) is -0.761. The summed E-state index contributed by atoms with van der Waals surface area (Å²) < 4.78 is 5.34. The summed E-state index contributed by atoms with van der Waals surface area (Å²) in [6.07, 6.45) is 0.587. The smallest absolute Gasteiger partial charge is 0.268 e. The molecule has 6 nitrogen and oxygen atoms in total. The van der Waals surface area contributed by atoms with Crippen molar-refractivity contribution in [2.45, 2.75) is 25.2 Å². The number of ether oxygens (including phenoxy) is 1. The van der Waals surface area contributed by atoms with Gasteiger partial charge < -0.3 is 10.1 Å². The molecule has 1 N–H and O–H groups in total. The summed E-state index contributed by atoms with van der Waals surface area (Å²) >= 11 is 1.29. The van der Waals surface area contributed by atoms with Crippen LogP contribution in [-0.2, 0) is 19.1 Å². The van der Waals surface area contributed by atoms with Crippen LogP contribution in [0.1, 0.15) is 25.8 Å². The van der Waals surface area contributed by atoms with Gasteiger partial charge >= 0.3 is 0 Å². The van der Waals surface area contributed by atoms with E-state index >= 15 is 0 Å². The van der Waals surface area contributed by atoms with Crippen molar-refractivity contribution in [2.75, 3.05) is 25.1 Å². The highest BCUT2D eigenvalue weighted by molar-refractivity contribution is 8.04. The summed E-state index contributed by atoms with van der Waals surface area (Å²) in [7, 11) is 0. The fourth-order valence-electron chi connectivity index (χ4n) is 3.11. The van der Waals surface area contributed by atoms with Crippen LogP contribution in [0.2, 0.25) is 0 Å². The van der Waals surface area contributed by atoms with Crippen LogP contribution in [0.5, 0.6) is 0 Å². The lowest BCUT2D eigenvalue weighted by Crippen LogP contribution is -2.33. The van der Waals surface area contributed by atoms with Gasteiger partial charge in [0.2, 0.25) is 5.91 Å². The van der Waals surface area contributed by atoms with Gasteiger partial charge in [0, 0.05) is 37.3 Å². The lowest BCUT2D eigenvalue weighted by molar-refractivity contribution is -0.136. The maximum Gasteiger partial charge on any atom is 0.268 e. The molecule has 1 heterocycles. The molecule has 0 bridgehead atoms. The predicted molar refractivity (Wildman–Crippen MR) is 118 cm³/mol. The molecule has 3 amide bonds. The van der Waals surface area contributed by atoms with Crippen LogP contribution in [0.25, 0.3) is 5.57 Å². The van der Waals surface area contributed by atoms with E-state index in [9.17, 15) is 14.4 Å². The number of hydrogen-bond acceptors (Lipinski definition) is 5. The summed E-state index contributed by atoms with van der Waals surface area (Å²) in [6.45, 7) is 4.75. The fraction of sp³-hybridized carbons (Fsp3) is 0.261. The number of anilines is 1. The van der Waals surface area contributed by atoms with E-state index in [4.69, 9.17) is 4.74 Å². The Balaban J connectivity index is 1.91. The number of rotatable bonds is 9. The summed E-state index contributed by atoms with van der Waals surface area (Å²) in [6, 6.07) is 16.5. The topological polar surface area (TPSA) is 75.7 Å². The van der Waals surface area contributed by atoms with Gasteiger partial charge in [-0.2, -0.15) is 0 Å². The molecular formula is C23H24N2O4S. The summed E-state index contributed by atoms with van der Waals surface area (Å²) in [5, 5.41) is 2.71. The van der Waals surface area contributed by atoms with Crippen molar-refractivity contribution < 1.29 is 19.1 Å². The Morgan fingerprint density at radius 2 is 1.73 bits per heavy atom. The molecule has 0 unspecified atom stereocenters. The number of hydrogen-bond donors (Lipinski definition) is 1. The average Bonchev–Trinajstić information content (AvgIpc) is 2.96. The molecule has 1 aliphatic heterocycles. The Labute approximate surface area is 180 Å². The van der Waals surface area contributed by atoms with Gasteiger partial charge in [-0.1, -0.05) is 42.1 Å². The molecule has 3 rings (SSSR count). The normalized spacial score (nSPS) is 13.9. The summed E-state index contributed by atoms with van der Waals surface area (Å²) in [4.78, 5) is 40.1. The van der Waals surface area contributed by atoms with E-state index < -0.39 is 0 Å². The Hall–Kier alpha value is -2.90. The second-order valence-electron chi connectivity index (χ2n) is 6.69. The van der Waals surface area contributed by atoms with Crippen LogP contribution < -0.4 is 5.32 Å². The number of thioether (sulfide) groups is 1. The van der Waals surface area contributed by atoms with E-state index in [0.29, 0.717) is 47.9 Å². The van der Waals surface area contributed by atoms with Gasteiger partial charge in [-0.05, 0) is 43.2 Å². The van der Waals surface area contributed by atoms with E-state index in [1.807, 2.05) is 37.3 Å². The highest BCUT2D eigenvalue weighted by Crippen LogP contribution is 2.39. The van der Waals surface area contributed by atoms with Crippen LogP contribution in [0.3, 0.4) is 0 Å². The zero-order chi connectivity index (χ0) is 21.5. The third kappa shape index (κ3) is 5.17. The first kappa shape index (κ1) is 21.8. The molecule has 0 saturated carbocycles. The number of imide groups is 1. The molecule has 1 aliphatic rings. The fourth-order valence-corrected chi connectivity index (χ4v) is 4.14. The largest absolute Gasteiger partial charge is 0.382 e. The van der Waals surface area contributed by atoms with Crippen molar-refractivity contribution in [2.24, 2.45) is 0 Å². The monoisotopic (exact) mass is 424 g/mol. The Morgan fingerprint density at radius 1 is 1.03 bits per heavy atom. The van der Waals surface area contributed by atoms with E-state index in [1.165, 1.54) is 23.6 Å². The maximum absolute atomic E-state index is 13.2. The van der Waals surface area contributed by atoms with Crippen molar-refractivity contribution >= 4 is 40.7 Å². The van der Waals surface area contributed by atoms with Crippen LogP contribution >= 0.6 is 11.8 Å². The number of nitrogens with one attached hydrogen (secondary N) is 1. The van der Waals surface area contributed by atoms with Crippen LogP contribution in [0, 0.1) is 0 Å². The molecule has 0 atom stereocenters. The van der Waals surface area contributed by atoms with Crippen LogP contribution in [0.15, 0.2) is 64.4 Å². The zero-order valence-electron chi connectivity index (χ0n) is 17.0. The van der Waals surface area contributed by atoms with Gasteiger partial charge in [0.1, 0.15) is 0 Å². The number of benzene rings is 2. The molecule has 156 valence electrons. The van der Waals surface area contributed by atoms with Crippen molar-refractivity contribution in [3.63, 3.8) is 0 Å². The standard InChI is InChI=1S/C23H24N2O4S/c1-3-29-15-7-14-25-22(27)20(17-10-12-18(13-11-17)24-16(2)26)21(23(25)28)30-19-8-5-4-6-9-19/h4-6,8-13H,3,7,14-15H2,1-2H3,(H,24,26). The van der Waals surface area contributed by atoms with Gasteiger partial charge in [-0.3, -0.25) is 19.3 Å². The first-order valence-corrected chi connectivity index (χ1v) is 10.6. The average molecular weight is 425 g/mol. The number of carbonyl (C=O) groups is 3. The first-order valence-electron chi connectivity index (χ1n) is 9.80. The van der Waals surface area contributed by atoms with Crippen molar-refractivity contribution in [3.8, 4) is 0 Å². The van der Waals surface area contributed by atoms with Gasteiger partial charge in [0.25, 0.3) is 11.8 Å². The molecule has 0 spiro atoms. The van der Waals surface area contributed by atoms with Gasteiger partial charge in [-0.15, -0.1) is 0 Å². The Bertz CT molecular complexity index is 955. The van der Waals surface area contributed by atoms with Crippen molar-refractivity contribution in [1.82, 2.24) is 4.90 Å². The second kappa shape index (κ2) is 10.2. The lowest BCUT2D eigenvalue weighted by atomic mass is 10.1. The van der Waals surface area contributed by atoms with E-state index in [-0.39, 0.29) is 17.7 Å². The Morgan fingerprint density at radius 3 is 2.37 bits per heavy atom. The minimum atomic E-state index is -0.304. The molecule has 0 saturated heterocycles. The van der Waals surface area contributed by atoms with Crippen molar-refractivity contribution in [1.29, 1.82) is 0 Å². The molecule has 0 radical (unpaired) electrons. The maximum atomic E-state index is 13.2. The lowest BCUT2D eigenvalue weighted by Gasteiger charge is -2.15. The Kier molecular flexibility index (Phi) is 7.43. The van der Waals surface area contributed by atoms with Crippen LogP contribution in [-0.4, -0.2) is 42.4 Å². The number of carbonyl (C=O) groups excluding carboxylic acids is 3. The van der Waals surface area contributed by atoms with E-state index in [1.54, 1.807) is 24.3 Å². The number of amides is 3. The quantitative estimate of drug-likeness (QED) is 0.487. The highest BCUT2D eigenvalue weighted by Gasteiger charge is 2.39. The van der Waals surface area contributed by atoms with Gasteiger partial charge in [-0.25, -0.2) is 0 Å². The second-order valence-corrected chi connectivity index (χ2v) is 7.77. The van der Waals surface area contributed by atoms with Gasteiger partial charge in [0.15, 0.2) is 0 Å². The zero-order valence-corrected chi connectivity index (χ0v) is 17.8. The third-order valence-corrected chi connectivity index (χ3v) is 5.55. The SMILES string of the molecule is CCOCCCN1C(=O)C(Sc2ccccc2)=C(c2ccc(NC(C)=O)cc2)C1=O. The van der Waals surface area contributed by atoms with E-state index in [2.05, 4.69) is 5.32 Å². The minimum Gasteiger partial charge on any atom is -0.382 e. The highest BCUT2D eigenvalue weighted by atomic mass is 32.2. The molecule has 0 fully saturated rings. The minimum absolute atomic E-state index is 0.171. The number of nitrogens with zero attached hydrogens (tertiary/aromatic N) is 1. The molecule has 7 heteroatoms. The van der Waals surface area contributed by atoms with Crippen molar-refractivity contribution in [3.05, 3.63) is 65.1 Å². The molecule has 0 aromatic heterocycles. The molecule has 2 aromatic carbocycles. The van der Waals surface area contributed by atoms with E-state index in [0.717, 1.165) is 4.90 Å². The van der Waals surface area contributed by atoms with Gasteiger partial charge in [0.05, 0.1) is 10.5 Å². The molecular weight excluding hydrogens is 400 g/mol. The first-order chi connectivity index (χ1) is 14.5.